The van der Waals surface area contributed by atoms with E-state index in [2.05, 4.69) is 5.32 Å². The Kier molecular flexibility index (Phi) is 4.79. The molecule has 2 aromatic rings. The number of carbonyl (C=O) groups is 2. The number of nitro benzene ring substituents is 1. The van der Waals surface area contributed by atoms with E-state index >= 15 is 0 Å². The number of nitrogens with one attached hydrogen (secondary N) is 1. The van der Waals surface area contributed by atoms with E-state index in [0.717, 1.165) is 31.7 Å². The molecule has 4 rings (SSSR count). The highest BCUT2D eigenvalue weighted by molar-refractivity contribution is 5.96. The van der Waals surface area contributed by atoms with Gasteiger partial charge in [0.2, 0.25) is 0 Å². The fourth-order valence-corrected chi connectivity index (χ4v) is 3.45. The van der Waals surface area contributed by atoms with E-state index in [0.29, 0.717) is 17.2 Å². The molecule has 0 atom stereocenters. The van der Waals surface area contributed by atoms with Crippen LogP contribution in [-0.2, 0) is 9.53 Å². The first-order chi connectivity index (χ1) is 13.9. The van der Waals surface area contributed by atoms with Gasteiger partial charge >= 0.3 is 5.97 Å². The van der Waals surface area contributed by atoms with Gasteiger partial charge in [0.25, 0.3) is 17.4 Å². The van der Waals surface area contributed by atoms with Crippen molar-refractivity contribution in [1.29, 1.82) is 0 Å². The SMILES string of the molecule is O=C(COC(=O)c1cccc([N+](=O)[O-])c1)Nc1ccc2c(c1)OC1(CCCC1)O2. The number of esters is 1. The van der Waals surface area contributed by atoms with Crippen molar-refractivity contribution in [3.63, 3.8) is 0 Å². The van der Waals surface area contributed by atoms with Crippen molar-refractivity contribution < 1.29 is 28.7 Å². The Morgan fingerprint density at radius 1 is 1.10 bits per heavy atom. The second kappa shape index (κ2) is 7.42. The van der Waals surface area contributed by atoms with E-state index in [1.807, 2.05) is 0 Å². The average Bonchev–Trinajstić information content (AvgIpc) is 3.31. The monoisotopic (exact) mass is 398 g/mol. The molecular weight excluding hydrogens is 380 g/mol. The van der Waals surface area contributed by atoms with E-state index in [1.54, 1.807) is 18.2 Å². The third kappa shape index (κ3) is 3.98. The Morgan fingerprint density at radius 2 is 1.86 bits per heavy atom. The summed E-state index contributed by atoms with van der Waals surface area (Å²) in [7, 11) is 0. The van der Waals surface area contributed by atoms with Gasteiger partial charge in [-0.2, -0.15) is 0 Å². The third-order valence-corrected chi connectivity index (χ3v) is 4.81. The number of hydrogen-bond donors (Lipinski definition) is 1. The molecule has 9 nitrogen and oxygen atoms in total. The number of fused-ring (bicyclic) bond motifs is 1. The van der Waals surface area contributed by atoms with Crippen molar-refractivity contribution in [3.8, 4) is 11.5 Å². The molecule has 0 bridgehead atoms. The molecule has 1 saturated carbocycles. The van der Waals surface area contributed by atoms with Crippen molar-refractivity contribution in [2.75, 3.05) is 11.9 Å². The van der Waals surface area contributed by atoms with Crippen LogP contribution in [0.1, 0.15) is 36.0 Å². The minimum absolute atomic E-state index is 0.00283. The predicted molar refractivity (Wildman–Crippen MR) is 101 cm³/mol. The van der Waals surface area contributed by atoms with Crippen LogP contribution in [0.3, 0.4) is 0 Å². The maximum absolute atomic E-state index is 12.1. The summed E-state index contributed by atoms with van der Waals surface area (Å²) >= 11 is 0. The van der Waals surface area contributed by atoms with Crippen LogP contribution in [-0.4, -0.2) is 29.2 Å². The number of amides is 1. The minimum Gasteiger partial charge on any atom is -0.452 e. The lowest BCUT2D eigenvalue weighted by Gasteiger charge is -2.21. The molecule has 150 valence electrons. The molecule has 0 saturated heterocycles. The van der Waals surface area contributed by atoms with Crippen LogP contribution in [0, 0.1) is 10.1 Å². The molecule has 0 radical (unpaired) electrons. The summed E-state index contributed by atoms with van der Waals surface area (Å²) in [6.45, 7) is -0.528. The van der Waals surface area contributed by atoms with Crippen LogP contribution in [0.15, 0.2) is 42.5 Å². The Hall–Kier alpha value is -3.62. The van der Waals surface area contributed by atoms with Gasteiger partial charge in [0.15, 0.2) is 18.1 Å². The summed E-state index contributed by atoms with van der Waals surface area (Å²) in [5, 5.41) is 13.4. The van der Waals surface area contributed by atoms with Gasteiger partial charge in [-0.1, -0.05) is 6.07 Å². The van der Waals surface area contributed by atoms with Crippen LogP contribution in [0.5, 0.6) is 11.5 Å². The first kappa shape index (κ1) is 18.7. The molecule has 1 N–H and O–H groups in total. The zero-order valence-corrected chi connectivity index (χ0v) is 15.4. The van der Waals surface area contributed by atoms with E-state index in [1.165, 1.54) is 18.2 Å². The Morgan fingerprint density at radius 3 is 2.62 bits per heavy atom. The standard InChI is InChI=1S/C20H18N2O7/c23-18(12-27-19(24)13-4-3-5-15(10-13)22(25)26)21-14-6-7-16-17(11-14)29-20(28-16)8-1-2-9-20/h3-7,10-11H,1-2,8-9,12H2,(H,21,23). The molecule has 2 aromatic carbocycles. The van der Waals surface area contributed by atoms with Crippen LogP contribution in [0.2, 0.25) is 0 Å². The van der Waals surface area contributed by atoms with E-state index in [-0.39, 0.29) is 11.3 Å². The van der Waals surface area contributed by atoms with Crippen molar-refractivity contribution in [2.24, 2.45) is 0 Å². The number of nitrogens with zero attached hydrogens (tertiary/aromatic N) is 1. The smallest absolute Gasteiger partial charge is 0.338 e. The number of anilines is 1. The van der Waals surface area contributed by atoms with Gasteiger partial charge in [0, 0.05) is 36.7 Å². The molecule has 1 spiro atoms. The topological polar surface area (TPSA) is 117 Å². The van der Waals surface area contributed by atoms with Crippen molar-refractivity contribution >= 4 is 23.3 Å². The summed E-state index contributed by atoms with van der Waals surface area (Å²) in [4.78, 5) is 34.3. The predicted octanol–water partition coefficient (Wildman–Crippen LogP) is 3.43. The van der Waals surface area contributed by atoms with Gasteiger partial charge in [-0.05, 0) is 31.0 Å². The summed E-state index contributed by atoms with van der Waals surface area (Å²) in [6.07, 6.45) is 3.76. The fourth-order valence-electron chi connectivity index (χ4n) is 3.45. The lowest BCUT2D eigenvalue weighted by molar-refractivity contribution is -0.384. The normalized spacial score (nSPS) is 15.9. The van der Waals surface area contributed by atoms with Gasteiger partial charge < -0.3 is 19.5 Å². The number of ether oxygens (including phenoxy) is 3. The van der Waals surface area contributed by atoms with Crippen LogP contribution >= 0.6 is 0 Å². The first-order valence-corrected chi connectivity index (χ1v) is 9.18. The lowest BCUT2D eigenvalue weighted by atomic mass is 10.2. The number of hydrogen-bond acceptors (Lipinski definition) is 7. The highest BCUT2D eigenvalue weighted by atomic mass is 16.7. The Bertz CT molecular complexity index is 983. The zero-order valence-electron chi connectivity index (χ0n) is 15.4. The Labute approximate surface area is 165 Å². The fraction of sp³-hybridized carbons (Fsp3) is 0.300. The average molecular weight is 398 g/mol. The van der Waals surface area contributed by atoms with Gasteiger partial charge in [-0.15, -0.1) is 0 Å². The van der Waals surface area contributed by atoms with Crippen LogP contribution < -0.4 is 14.8 Å². The second-order valence-electron chi connectivity index (χ2n) is 6.92. The number of rotatable bonds is 5. The Balaban J connectivity index is 1.33. The van der Waals surface area contributed by atoms with Crippen molar-refractivity contribution in [3.05, 3.63) is 58.1 Å². The van der Waals surface area contributed by atoms with Crippen LogP contribution in [0.25, 0.3) is 0 Å². The maximum atomic E-state index is 12.1. The summed E-state index contributed by atoms with van der Waals surface area (Å²) in [5.74, 6) is -0.741. The summed E-state index contributed by atoms with van der Waals surface area (Å²) < 4.78 is 16.8. The zero-order chi connectivity index (χ0) is 20.4. The molecule has 1 fully saturated rings. The molecule has 1 aliphatic carbocycles. The lowest BCUT2D eigenvalue weighted by Crippen LogP contribution is -2.34. The molecule has 0 unspecified atom stereocenters. The third-order valence-electron chi connectivity index (χ3n) is 4.81. The summed E-state index contributed by atoms with van der Waals surface area (Å²) in [5.41, 5.74) is 0.250. The molecule has 1 heterocycles. The van der Waals surface area contributed by atoms with Gasteiger partial charge in [-0.3, -0.25) is 14.9 Å². The van der Waals surface area contributed by atoms with E-state index in [4.69, 9.17) is 14.2 Å². The minimum atomic E-state index is -0.822. The van der Waals surface area contributed by atoms with Gasteiger partial charge in [0.1, 0.15) is 0 Å². The highest BCUT2D eigenvalue weighted by Crippen LogP contribution is 2.47. The number of non-ortho nitro benzene ring substituents is 1. The van der Waals surface area contributed by atoms with E-state index in [9.17, 15) is 19.7 Å². The molecular formula is C20H18N2O7. The second-order valence-corrected chi connectivity index (χ2v) is 6.92. The number of carbonyl (C=O) groups excluding carboxylic acids is 2. The number of benzene rings is 2. The molecule has 0 aromatic heterocycles. The molecule has 9 heteroatoms. The van der Waals surface area contributed by atoms with Gasteiger partial charge in [0.05, 0.1) is 10.5 Å². The summed E-state index contributed by atoms with van der Waals surface area (Å²) in [6, 6.07) is 10.2. The molecule has 1 aliphatic heterocycles. The highest BCUT2D eigenvalue weighted by Gasteiger charge is 2.44. The molecule has 1 amide bonds. The van der Waals surface area contributed by atoms with Crippen molar-refractivity contribution in [1.82, 2.24) is 0 Å². The number of nitro groups is 1. The molecule has 29 heavy (non-hydrogen) atoms. The quantitative estimate of drug-likeness (QED) is 0.466. The van der Waals surface area contributed by atoms with Gasteiger partial charge in [-0.25, -0.2) is 4.79 Å². The first-order valence-electron chi connectivity index (χ1n) is 9.18. The molecule has 2 aliphatic rings. The van der Waals surface area contributed by atoms with Crippen LogP contribution in [0.4, 0.5) is 11.4 Å². The maximum Gasteiger partial charge on any atom is 0.338 e. The largest absolute Gasteiger partial charge is 0.452 e. The van der Waals surface area contributed by atoms with E-state index < -0.39 is 29.2 Å². The van der Waals surface area contributed by atoms with Crippen molar-refractivity contribution in [2.45, 2.75) is 31.5 Å².